The molecule has 1 aromatic heterocycles. The van der Waals surface area contributed by atoms with Crippen molar-refractivity contribution < 1.29 is 9.53 Å². The van der Waals surface area contributed by atoms with Crippen molar-refractivity contribution in [1.82, 2.24) is 9.88 Å². The van der Waals surface area contributed by atoms with Crippen LogP contribution in [0.3, 0.4) is 0 Å². The van der Waals surface area contributed by atoms with Gasteiger partial charge in [0.05, 0.1) is 18.8 Å². The monoisotopic (exact) mass is 365 g/mol. The van der Waals surface area contributed by atoms with E-state index in [0.29, 0.717) is 29.6 Å². The Labute approximate surface area is 150 Å². The van der Waals surface area contributed by atoms with E-state index in [1.54, 1.807) is 0 Å². The Morgan fingerprint density at radius 3 is 2.92 bits per heavy atom. The molecule has 1 fully saturated rings. The number of amides is 1. The van der Waals surface area contributed by atoms with E-state index in [0.717, 1.165) is 22.9 Å². The molecule has 1 N–H and O–H groups in total. The zero-order chi connectivity index (χ0) is 17.1. The molecule has 3 rings (SSSR count). The van der Waals surface area contributed by atoms with Crippen LogP contribution in [0.5, 0.6) is 0 Å². The first-order valence-electron chi connectivity index (χ1n) is 7.96. The van der Waals surface area contributed by atoms with Crippen LogP contribution in [-0.4, -0.2) is 42.0 Å². The first kappa shape index (κ1) is 17.2. The first-order chi connectivity index (χ1) is 11.6. The van der Waals surface area contributed by atoms with E-state index < -0.39 is 0 Å². The fourth-order valence-electron chi connectivity index (χ4n) is 2.68. The number of anilines is 1. The number of aromatic nitrogens is 1. The van der Waals surface area contributed by atoms with Crippen molar-refractivity contribution in [1.29, 1.82) is 0 Å². The highest BCUT2D eigenvalue weighted by Crippen LogP contribution is 2.28. The number of rotatable bonds is 4. The quantitative estimate of drug-likeness (QED) is 0.896. The number of halogens is 1. The van der Waals surface area contributed by atoms with Gasteiger partial charge in [0.15, 0.2) is 5.13 Å². The number of carbonyl (C=O) groups is 1. The molecule has 5 nitrogen and oxygen atoms in total. The van der Waals surface area contributed by atoms with Crippen LogP contribution in [-0.2, 0) is 4.74 Å². The van der Waals surface area contributed by atoms with E-state index >= 15 is 0 Å². The zero-order valence-corrected chi connectivity index (χ0v) is 15.3. The molecule has 2 heterocycles. The third-order valence-electron chi connectivity index (χ3n) is 3.91. The van der Waals surface area contributed by atoms with Crippen LogP contribution in [0.1, 0.15) is 34.0 Å². The maximum Gasteiger partial charge on any atom is 0.266 e. The summed E-state index contributed by atoms with van der Waals surface area (Å²) in [6, 6.07) is 7.58. The summed E-state index contributed by atoms with van der Waals surface area (Å²) in [5, 5.41) is 4.65. The van der Waals surface area contributed by atoms with Gasteiger partial charge in [0, 0.05) is 18.1 Å². The lowest BCUT2D eigenvalue weighted by molar-refractivity contribution is -0.0226. The minimum Gasteiger partial charge on any atom is -0.370 e. The molecule has 24 heavy (non-hydrogen) atoms. The molecule has 1 saturated heterocycles. The van der Waals surface area contributed by atoms with Crippen molar-refractivity contribution in [2.75, 3.05) is 31.6 Å². The van der Waals surface area contributed by atoms with Gasteiger partial charge in [0.2, 0.25) is 0 Å². The van der Waals surface area contributed by atoms with Gasteiger partial charge in [-0.15, -0.1) is 0 Å². The predicted octanol–water partition coefficient (Wildman–Crippen LogP) is 3.75. The van der Waals surface area contributed by atoms with E-state index in [1.807, 2.05) is 43.0 Å². The second kappa shape index (κ2) is 7.51. The molecular formula is C17H20ClN3O2S. The number of ether oxygens (including phenoxy) is 1. The molecule has 1 aromatic carbocycles. The lowest BCUT2D eigenvalue weighted by atomic mass is 10.1. The summed E-state index contributed by atoms with van der Waals surface area (Å²) in [7, 11) is 0. The minimum absolute atomic E-state index is 0.0245. The third-order valence-corrected chi connectivity index (χ3v) is 5.27. The smallest absolute Gasteiger partial charge is 0.266 e. The van der Waals surface area contributed by atoms with Crippen molar-refractivity contribution in [3.05, 3.63) is 45.4 Å². The molecule has 0 radical (unpaired) electrons. The number of thiazole rings is 1. The van der Waals surface area contributed by atoms with Crippen LogP contribution in [0.25, 0.3) is 0 Å². The van der Waals surface area contributed by atoms with E-state index in [1.165, 1.54) is 11.3 Å². The highest BCUT2D eigenvalue weighted by molar-refractivity contribution is 7.17. The Morgan fingerprint density at radius 1 is 1.46 bits per heavy atom. The van der Waals surface area contributed by atoms with Crippen LogP contribution < -0.4 is 5.32 Å². The second-order valence-electron chi connectivity index (χ2n) is 5.63. The van der Waals surface area contributed by atoms with Crippen molar-refractivity contribution in [2.45, 2.75) is 20.0 Å². The van der Waals surface area contributed by atoms with Gasteiger partial charge in [0.25, 0.3) is 5.91 Å². The Balaban J connectivity index is 1.74. The first-order valence-corrected chi connectivity index (χ1v) is 9.15. The van der Waals surface area contributed by atoms with Crippen molar-refractivity contribution in [2.24, 2.45) is 0 Å². The molecule has 0 saturated carbocycles. The number of benzene rings is 1. The molecule has 128 valence electrons. The average Bonchev–Trinajstić information content (AvgIpc) is 2.96. The topological polar surface area (TPSA) is 54.5 Å². The molecule has 1 atom stereocenters. The lowest BCUT2D eigenvalue weighted by Crippen LogP contribution is -2.42. The van der Waals surface area contributed by atoms with Gasteiger partial charge in [-0.3, -0.25) is 4.79 Å². The summed E-state index contributed by atoms with van der Waals surface area (Å²) in [6.45, 7) is 6.33. The largest absolute Gasteiger partial charge is 0.370 e. The molecule has 7 heteroatoms. The highest BCUT2D eigenvalue weighted by atomic mass is 35.5. The number of hydrogen-bond donors (Lipinski definition) is 1. The van der Waals surface area contributed by atoms with Crippen LogP contribution >= 0.6 is 22.9 Å². The summed E-state index contributed by atoms with van der Waals surface area (Å²) < 4.78 is 5.83. The summed E-state index contributed by atoms with van der Waals surface area (Å²) in [6.07, 6.45) is -0.124. The minimum atomic E-state index is -0.124. The normalized spacial score (nSPS) is 17.8. The fourth-order valence-corrected chi connectivity index (χ4v) is 3.81. The third kappa shape index (κ3) is 3.71. The van der Waals surface area contributed by atoms with E-state index in [-0.39, 0.29) is 12.0 Å². The van der Waals surface area contributed by atoms with Gasteiger partial charge in [-0.25, -0.2) is 4.98 Å². The SMILES string of the molecule is CCNc1nc(C)c(C(=O)N2CCO[C@H](c3ccc(Cl)cc3)C2)s1. The summed E-state index contributed by atoms with van der Waals surface area (Å²) >= 11 is 7.35. The molecule has 1 aliphatic heterocycles. The van der Waals surface area contributed by atoms with E-state index in [9.17, 15) is 4.79 Å². The Bertz CT molecular complexity index is 717. The molecule has 0 aliphatic carbocycles. The van der Waals surface area contributed by atoms with Gasteiger partial charge in [0.1, 0.15) is 11.0 Å². The Hall–Kier alpha value is -1.63. The van der Waals surface area contributed by atoms with Gasteiger partial charge < -0.3 is 15.0 Å². The summed E-state index contributed by atoms with van der Waals surface area (Å²) in [5.41, 5.74) is 1.81. The Kier molecular flexibility index (Phi) is 5.38. The fraction of sp³-hybridized carbons (Fsp3) is 0.412. The highest BCUT2D eigenvalue weighted by Gasteiger charge is 2.28. The van der Waals surface area contributed by atoms with Crippen LogP contribution in [0.2, 0.25) is 5.02 Å². The number of nitrogens with one attached hydrogen (secondary N) is 1. The number of carbonyl (C=O) groups excluding carboxylic acids is 1. The second-order valence-corrected chi connectivity index (χ2v) is 7.06. The summed E-state index contributed by atoms with van der Waals surface area (Å²) in [5.74, 6) is 0.0245. The molecule has 0 spiro atoms. The van der Waals surface area contributed by atoms with Crippen molar-refractivity contribution >= 4 is 34.0 Å². The van der Waals surface area contributed by atoms with Crippen LogP contribution in [0.4, 0.5) is 5.13 Å². The van der Waals surface area contributed by atoms with Crippen LogP contribution in [0.15, 0.2) is 24.3 Å². The predicted molar refractivity (Wildman–Crippen MR) is 97.1 cm³/mol. The standard InChI is InChI=1S/C17H20ClN3O2S/c1-3-19-17-20-11(2)15(24-17)16(22)21-8-9-23-14(10-21)12-4-6-13(18)7-5-12/h4-7,14H,3,8-10H2,1-2H3,(H,19,20)/t14-/m0/s1. The zero-order valence-electron chi connectivity index (χ0n) is 13.7. The van der Waals surface area contributed by atoms with Gasteiger partial charge in [-0.1, -0.05) is 35.1 Å². The maximum absolute atomic E-state index is 12.9. The molecule has 0 bridgehead atoms. The van der Waals surface area contributed by atoms with Crippen molar-refractivity contribution in [3.63, 3.8) is 0 Å². The van der Waals surface area contributed by atoms with E-state index in [2.05, 4.69) is 10.3 Å². The molecule has 1 aliphatic rings. The molecule has 1 amide bonds. The number of morpholine rings is 1. The maximum atomic E-state index is 12.9. The summed E-state index contributed by atoms with van der Waals surface area (Å²) in [4.78, 5) is 19.8. The van der Waals surface area contributed by atoms with Gasteiger partial charge in [-0.2, -0.15) is 0 Å². The van der Waals surface area contributed by atoms with Crippen LogP contribution in [0, 0.1) is 6.92 Å². The molecule has 2 aromatic rings. The average molecular weight is 366 g/mol. The molecule has 0 unspecified atom stereocenters. The number of aryl methyl sites for hydroxylation is 1. The van der Waals surface area contributed by atoms with Gasteiger partial charge in [-0.05, 0) is 31.5 Å². The Morgan fingerprint density at radius 2 is 2.21 bits per heavy atom. The number of hydrogen-bond acceptors (Lipinski definition) is 5. The van der Waals surface area contributed by atoms with Gasteiger partial charge >= 0.3 is 0 Å². The lowest BCUT2D eigenvalue weighted by Gasteiger charge is -2.33. The van der Waals surface area contributed by atoms with Crippen molar-refractivity contribution in [3.8, 4) is 0 Å². The van der Waals surface area contributed by atoms with E-state index in [4.69, 9.17) is 16.3 Å². The number of nitrogens with zero attached hydrogens (tertiary/aromatic N) is 2. The molecular weight excluding hydrogens is 346 g/mol.